The highest BCUT2D eigenvalue weighted by atomic mass is 32.1. The lowest BCUT2D eigenvalue weighted by molar-refractivity contribution is -0.141. The molecule has 1 unspecified atom stereocenters. The fourth-order valence-electron chi connectivity index (χ4n) is 2.51. The van der Waals surface area contributed by atoms with E-state index < -0.39 is 17.7 Å². The SMILES string of the molecule is NC1(C2COC2)N=C(Nc2cncs2)NC(c2cccc(C(F)(F)F)n2)=N1. The Hall–Kier alpha value is -2.57. The summed E-state index contributed by atoms with van der Waals surface area (Å²) >= 11 is 1.33. The van der Waals surface area contributed by atoms with Gasteiger partial charge in [-0.25, -0.2) is 15.0 Å². The molecule has 4 heterocycles. The number of anilines is 1. The molecule has 0 saturated carbocycles. The topological polar surface area (TPSA) is 110 Å². The molecular formula is C15H14F3N7OS. The normalized spacial score (nSPS) is 23.1. The number of hydrogen-bond acceptors (Lipinski definition) is 9. The van der Waals surface area contributed by atoms with Crippen molar-refractivity contribution in [3.8, 4) is 0 Å². The number of halogens is 3. The maximum atomic E-state index is 13.0. The highest BCUT2D eigenvalue weighted by Gasteiger charge is 2.43. The van der Waals surface area contributed by atoms with Gasteiger partial charge >= 0.3 is 6.18 Å². The second kappa shape index (κ2) is 6.55. The third kappa shape index (κ3) is 3.63. The maximum Gasteiger partial charge on any atom is 0.433 e. The van der Waals surface area contributed by atoms with Crippen molar-refractivity contribution >= 4 is 28.1 Å². The molecule has 4 rings (SSSR count). The Bertz CT molecular complexity index is 895. The first-order valence-corrected chi connectivity index (χ1v) is 8.75. The van der Waals surface area contributed by atoms with Gasteiger partial charge in [0.1, 0.15) is 16.4 Å². The van der Waals surface area contributed by atoms with E-state index in [-0.39, 0.29) is 23.4 Å². The summed E-state index contributed by atoms with van der Waals surface area (Å²) < 4.78 is 44.2. The molecule has 0 amide bonds. The van der Waals surface area contributed by atoms with E-state index in [0.717, 1.165) is 6.07 Å². The molecule has 1 atom stereocenters. The lowest BCUT2D eigenvalue weighted by Gasteiger charge is -2.39. The molecule has 2 aliphatic heterocycles. The van der Waals surface area contributed by atoms with E-state index in [1.807, 2.05) is 0 Å². The smallest absolute Gasteiger partial charge is 0.380 e. The molecule has 142 valence electrons. The van der Waals surface area contributed by atoms with Crippen molar-refractivity contribution < 1.29 is 17.9 Å². The molecule has 2 aromatic heterocycles. The summed E-state index contributed by atoms with van der Waals surface area (Å²) in [5.74, 6) is -1.23. The standard InChI is InChI=1S/C15H14F3N7OS/c16-14(17,18)10-3-1-2-9(21-10)12-23-13(22-11-4-20-7-27-11)25-15(19,24-12)8-5-26-6-8/h1-4,7-8H,5-6,19H2,(H2,22,23,24,25). The molecule has 1 fully saturated rings. The minimum absolute atomic E-state index is 0.0124. The number of ether oxygens (including phenoxy) is 1. The van der Waals surface area contributed by atoms with Crippen LogP contribution in [0.15, 0.2) is 39.9 Å². The number of rotatable bonds is 3. The Kier molecular flexibility index (Phi) is 4.32. The van der Waals surface area contributed by atoms with Gasteiger partial charge in [-0.15, -0.1) is 11.3 Å². The molecule has 0 bridgehead atoms. The summed E-state index contributed by atoms with van der Waals surface area (Å²) in [5, 5.41) is 6.56. The molecule has 0 aliphatic carbocycles. The van der Waals surface area contributed by atoms with Crippen LogP contribution in [0, 0.1) is 5.92 Å². The number of aliphatic imine (C=N–C) groups is 2. The highest BCUT2D eigenvalue weighted by Crippen LogP contribution is 2.30. The zero-order valence-electron chi connectivity index (χ0n) is 13.7. The van der Waals surface area contributed by atoms with Crippen LogP contribution in [-0.2, 0) is 10.9 Å². The number of alkyl halides is 3. The van der Waals surface area contributed by atoms with Gasteiger partial charge in [0.05, 0.1) is 30.8 Å². The van der Waals surface area contributed by atoms with E-state index >= 15 is 0 Å². The van der Waals surface area contributed by atoms with E-state index in [1.54, 1.807) is 11.7 Å². The van der Waals surface area contributed by atoms with Crippen LogP contribution in [0.2, 0.25) is 0 Å². The van der Waals surface area contributed by atoms with Crippen LogP contribution in [0.3, 0.4) is 0 Å². The Balaban J connectivity index is 1.69. The van der Waals surface area contributed by atoms with Crippen LogP contribution < -0.4 is 16.4 Å². The average molecular weight is 397 g/mol. The number of nitrogens with one attached hydrogen (secondary N) is 2. The Morgan fingerprint density at radius 2 is 2.11 bits per heavy atom. The molecular weight excluding hydrogens is 383 g/mol. The lowest BCUT2D eigenvalue weighted by Crippen LogP contribution is -2.58. The second-order valence-corrected chi connectivity index (χ2v) is 6.85. The Morgan fingerprint density at radius 3 is 2.74 bits per heavy atom. The van der Waals surface area contributed by atoms with Gasteiger partial charge in [0, 0.05) is 0 Å². The monoisotopic (exact) mass is 397 g/mol. The lowest BCUT2D eigenvalue weighted by atomic mass is 9.99. The molecule has 12 heteroatoms. The number of hydrogen-bond donors (Lipinski definition) is 3. The van der Waals surface area contributed by atoms with Gasteiger partial charge in [0.2, 0.25) is 11.7 Å². The first-order valence-electron chi connectivity index (χ1n) is 7.87. The number of guanidine groups is 1. The molecule has 1 saturated heterocycles. The summed E-state index contributed by atoms with van der Waals surface area (Å²) in [6, 6.07) is 3.59. The minimum Gasteiger partial charge on any atom is -0.380 e. The van der Waals surface area contributed by atoms with E-state index in [9.17, 15) is 13.2 Å². The Morgan fingerprint density at radius 1 is 1.30 bits per heavy atom. The summed E-state index contributed by atoms with van der Waals surface area (Å²) in [6.45, 7) is 0.723. The predicted octanol–water partition coefficient (Wildman–Crippen LogP) is 1.63. The first kappa shape index (κ1) is 17.8. The Labute approximate surface area is 155 Å². The summed E-state index contributed by atoms with van der Waals surface area (Å²) in [6.07, 6.45) is -2.97. The van der Waals surface area contributed by atoms with Gasteiger partial charge in [-0.1, -0.05) is 6.07 Å². The van der Waals surface area contributed by atoms with Gasteiger partial charge in [-0.05, 0) is 12.1 Å². The average Bonchev–Trinajstić information content (AvgIpc) is 3.04. The zero-order chi connectivity index (χ0) is 19.1. The molecule has 27 heavy (non-hydrogen) atoms. The van der Waals surface area contributed by atoms with Crippen molar-refractivity contribution in [3.05, 3.63) is 41.3 Å². The number of nitrogens with two attached hydrogens (primary N) is 1. The summed E-state index contributed by atoms with van der Waals surface area (Å²) in [4.78, 5) is 16.4. The van der Waals surface area contributed by atoms with Crippen LogP contribution in [0.4, 0.5) is 18.2 Å². The largest absolute Gasteiger partial charge is 0.433 e. The van der Waals surface area contributed by atoms with Crippen LogP contribution in [0.5, 0.6) is 0 Å². The number of pyridine rings is 1. The van der Waals surface area contributed by atoms with Gasteiger partial charge in [-0.2, -0.15) is 13.2 Å². The quantitative estimate of drug-likeness (QED) is 0.726. The van der Waals surface area contributed by atoms with Crippen LogP contribution >= 0.6 is 11.3 Å². The van der Waals surface area contributed by atoms with Crippen molar-refractivity contribution in [1.82, 2.24) is 15.3 Å². The zero-order valence-corrected chi connectivity index (χ0v) is 14.5. The van der Waals surface area contributed by atoms with E-state index in [0.29, 0.717) is 18.2 Å². The van der Waals surface area contributed by atoms with E-state index in [1.165, 1.54) is 23.5 Å². The van der Waals surface area contributed by atoms with Gasteiger partial charge < -0.3 is 15.4 Å². The number of amidine groups is 1. The second-order valence-electron chi connectivity index (χ2n) is 5.96. The van der Waals surface area contributed by atoms with Crippen LogP contribution in [-0.4, -0.2) is 40.8 Å². The minimum atomic E-state index is -4.56. The third-order valence-electron chi connectivity index (χ3n) is 4.01. The molecule has 0 aromatic carbocycles. The van der Waals surface area contributed by atoms with Gasteiger partial charge in [0.25, 0.3) is 0 Å². The molecule has 4 N–H and O–H groups in total. The van der Waals surface area contributed by atoms with Crippen molar-refractivity contribution in [3.63, 3.8) is 0 Å². The van der Waals surface area contributed by atoms with Crippen LogP contribution in [0.25, 0.3) is 0 Å². The summed E-state index contributed by atoms with van der Waals surface area (Å²) in [7, 11) is 0. The molecule has 2 aliphatic rings. The molecule has 0 radical (unpaired) electrons. The van der Waals surface area contributed by atoms with Crippen molar-refractivity contribution in [1.29, 1.82) is 0 Å². The van der Waals surface area contributed by atoms with Gasteiger partial charge in [0.15, 0.2) is 5.84 Å². The molecule has 8 nitrogen and oxygen atoms in total. The van der Waals surface area contributed by atoms with Crippen LogP contribution in [0.1, 0.15) is 11.4 Å². The molecule has 0 spiro atoms. The number of nitrogens with zero attached hydrogens (tertiary/aromatic N) is 4. The van der Waals surface area contributed by atoms with E-state index in [2.05, 4.69) is 30.6 Å². The fraction of sp³-hybridized carbons (Fsp3) is 0.333. The fourth-order valence-corrected chi connectivity index (χ4v) is 3.03. The number of thiazole rings is 1. The number of aromatic nitrogens is 2. The van der Waals surface area contributed by atoms with Gasteiger partial charge in [-0.3, -0.25) is 10.7 Å². The highest BCUT2D eigenvalue weighted by molar-refractivity contribution is 7.14. The van der Waals surface area contributed by atoms with Crippen molar-refractivity contribution in [2.75, 3.05) is 18.5 Å². The third-order valence-corrected chi connectivity index (χ3v) is 4.70. The first-order chi connectivity index (χ1) is 12.8. The van der Waals surface area contributed by atoms with E-state index in [4.69, 9.17) is 10.5 Å². The van der Waals surface area contributed by atoms with Crippen molar-refractivity contribution in [2.45, 2.75) is 12.0 Å². The summed E-state index contributed by atoms with van der Waals surface area (Å²) in [5.41, 5.74) is 6.96. The van der Waals surface area contributed by atoms with Crippen molar-refractivity contribution in [2.24, 2.45) is 21.6 Å². The molecule has 2 aromatic rings. The maximum absolute atomic E-state index is 13.0. The predicted molar refractivity (Wildman–Crippen MR) is 93.3 cm³/mol.